The van der Waals surface area contributed by atoms with Gasteiger partial charge in [0, 0.05) is 17.7 Å². The number of Topliss-reactive ketones (excluding diaryl/α,β-unsaturated/α-hetero) is 1. The van der Waals surface area contributed by atoms with Gasteiger partial charge in [-0.05, 0) is 62.2 Å². The van der Waals surface area contributed by atoms with E-state index in [1.807, 2.05) is 20.8 Å². The molecule has 2 rings (SSSR count). The van der Waals surface area contributed by atoms with E-state index >= 15 is 0 Å². The first-order chi connectivity index (χ1) is 15.0. The summed E-state index contributed by atoms with van der Waals surface area (Å²) in [4.78, 5) is 36.4. The lowest BCUT2D eigenvalue weighted by Gasteiger charge is -2.12. The quantitative estimate of drug-likeness (QED) is 0.392. The van der Waals surface area contributed by atoms with Crippen LogP contribution in [0.1, 0.15) is 60.7 Å². The highest BCUT2D eigenvalue weighted by Crippen LogP contribution is 2.29. The number of nitrogens with one attached hydrogen (secondary N) is 1. The normalized spacial score (nSPS) is 10.3. The van der Waals surface area contributed by atoms with E-state index in [1.54, 1.807) is 42.5 Å². The highest BCUT2D eigenvalue weighted by molar-refractivity contribution is 6.00. The SMILES string of the molecule is CCCOc1ccc(C(=O)OCC(=O)c2ccc(NC(=O)CCC)cc2)cc1OCC. The third kappa shape index (κ3) is 7.44. The fourth-order valence-electron chi connectivity index (χ4n) is 2.72. The summed E-state index contributed by atoms with van der Waals surface area (Å²) in [6, 6.07) is 11.3. The van der Waals surface area contributed by atoms with Gasteiger partial charge in [0.2, 0.25) is 5.91 Å². The summed E-state index contributed by atoms with van der Waals surface area (Å²) >= 11 is 0. The number of hydrogen-bond donors (Lipinski definition) is 1. The molecule has 0 fully saturated rings. The van der Waals surface area contributed by atoms with Crippen molar-refractivity contribution in [3.8, 4) is 11.5 Å². The molecule has 2 aromatic carbocycles. The first-order valence-corrected chi connectivity index (χ1v) is 10.5. The van der Waals surface area contributed by atoms with Crippen molar-refractivity contribution < 1.29 is 28.6 Å². The van der Waals surface area contributed by atoms with Crippen LogP contribution in [-0.2, 0) is 9.53 Å². The molecule has 31 heavy (non-hydrogen) atoms. The van der Waals surface area contributed by atoms with E-state index < -0.39 is 12.6 Å². The molecule has 1 N–H and O–H groups in total. The van der Waals surface area contributed by atoms with Crippen LogP contribution in [-0.4, -0.2) is 37.5 Å². The number of esters is 1. The Bertz CT molecular complexity index is 891. The van der Waals surface area contributed by atoms with Crippen LogP contribution in [0.3, 0.4) is 0 Å². The van der Waals surface area contributed by atoms with Gasteiger partial charge in [0.25, 0.3) is 0 Å². The predicted octanol–water partition coefficient (Wildman–Crippen LogP) is 4.65. The Morgan fingerprint density at radius 1 is 0.839 bits per heavy atom. The van der Waals surface area contributed by atoms with Crippen LogP contribution >= 0.6 is 0 Å². The Kier molecular flexibility index (Phi) is 9.55. The summed E-state index contributed by atoms with van der Waals surface area (Å²) in [6.45, 7) is 6.34. The number of hydrogen-bond acceptors (Lipinski definition) is 6. The smallest absolute Gasteiger partial charge is 0.338 e. The van der Waals surface area contributed by atoms with Gasteiger partial charge in [-0.15, -0.1) is 0 Å². The molecule has 0 aliphatic heterocycles. The van der Waals surface area contributed by atoms with Crippen LogP contribution in [0.4, 0.5) is 5.69 Å². The molecule has 0 saturated heterocycles. The van der Waals surface area contributed by atoms with Crippen molar-refractivity contribution in [2.75, 3.05) is 25.1 Å². The average molecular weight is 427 g/mol. The molecule has 0 spiro atoms. The van der Waals surface area contributed by atoms with Crippen LogP contribution < -0.4 is 14.8 Å². The molecule has 166 valence electrons. The number of carbonyl (C=O) groups is 3. The zero-order valence-corrected chi connectivity index (χ0v) is 18.2. The van der Waals surface area contributed by atoms with E-state index in [9.17, 15) is 14.4 Å². The van der Waals surface area contributed by atoms with Gasteiger partial charge in [-0.2, -0.15) is 0 Å². The third-order valence-corrected chi connectivity index (χ3v) is 4.24. The molecule has 0 radical (unpaired) electrons. The number of carbonyl (C=O) groups excluding carboxylic acids is 3. The van der Waals surface area contributed by atoms with Crippen LogP contribution in [0, 0.1) is 0 Å². The molecule has 7 nitrogen and oxygen atoms in total. The molecular weight excluding hydrogens is 398 g/mol. The van der Waals surface area contributed by atoms with Gasteiger partial charge in [0.15, 0.2) is 23.9 Å². The zero-order valence-electron chi connectivity index (χ0n) is 18.2. The molecule has 0 aliphatic rings. The number of anilines is 1. The maximum Gasteiger partial charge on any atom is 0.338 e. The lowest BCUT2D eigenvalue weighted by Crippen LogP contribution is -2.15. The van der Waals surface area contributed by atoms with Crippen molar-refractivity contribution in [3.05, 3.63) is 53.6 Å². The van der Waals surface area contributed by atoms with Crippen LogP contribution in [0.15, 0.2) is 42.5 Å². The second-order valence-electron chi connectivity index (χ2n) is 6.82. The van der Waals surface area contributed by atoms with Crippen molar-refractivity contribution in [1.82, 2.24) is 0 Å². The summed E-state index contributed by atoms with van der Waals surface area (Å²) in [5.41, 5.74) is 1.27. The van der Waals surface area contributed by atoms with Gasteiger partial charge < -0.3 is 19.5 Å². The van der Waals surface area contributed by atoms with Gasteiger partial charge in [0.1, 0.15) is 0 Å². The van der Waals surface area contributed by atoms with Gasteiger partial charge in [0.05, 0.1) is 18.8 Å². The van der Waals surface area contributed by atoms with E-state index in [0.717, 1.165) is 12.8 Å². The van der Waals surface area contributed by atoms with Crippen molar-refractivity contribution in [3.63, 3.8) is 0 Å². The Morgan fingerprint density at radius 2 is 1.55 bits per heavy atom. The highest BCUT2D eigenvalue weighted by Gasteiger charge is 2.15. The van der Waals surface area contributed by atoms with Gasteiger partial charge >= 0.3 is 5.97 Å². The summed E-state index contributed by atoms with van der Waals surface area (Å²) in [6.07, 6.45) is 2.05. The van der Waals surface area contributed by atoms with E-state index in [-0.39, 0.29) is 17.3 Å². The third-order valence-electron chi connectivity index (χ3n) is 4.24. The maximum atomic E-state index is 12.4. The van der Waals surface area contributed by atoms with E-state index in [1.165, 1.54) is 0 Å². The molecule has 0 bridgehead atoms. The lowest BCUT2D eigenvalue weighted by atomic mass is 10.1. The Labute approximate surface area is 182 Å². The van der Waals surface area contributed by atoms with Gasteiger partial charge in [-0.3, -0.25) is 9.59 Å². The maximum absolute atomic E-state index is 12.4. The molecule has 0 atom stereocenters. The van der Waals surface area contributed by atoms with Crippen LogP contribution in [0.5, 0.6) is 11.5 Å². The second kappa shape index (κ2) is 12.4. The predicted molar refractivity (Wildman–Crippen MR) is 118 cm³/mol. The van der Waals surface area contributed by atoms with Gasteiger partial charge in [-0.25, -0.2) is 4.79 Å². The largest absolute Gasteiger partial charge is 0.490 e. The number of benzene rings is 2. The fourth-order valence-corrected chi connectivity index (χ4v) is 2.72. The fraction of sp³-hybridized carbons (Fsp3) is 0.375. The second-order valence-corrected chi connectivity index (χ2v) is 6.82. The first kappa shape index (κ1) is 23.9. The summed E-state index contributed by atoms with van der Waals surface area (Å²) in [5.74, 6) is -0.0274. The monoisotopic (exact) mass is 427 g/mol. The number of rotatable bonds is 12. The minimum Gasteiger partial charge on any atom is -0.490 e. The summed E-state index contributed by atoms with van der Waals surface area (Å²) in [7, 11) is 0. The number of ketones is 1. The lowest BCUT2D eigenvalue weighted by molar-refractivity contribution is -0.116. The Morgan fingerprint density at radius 3 is 2.19 bits per heavy atom. The molecule has 1 amide bonds. The minimum atomic E-state index is -0.625. The zero-order chi connectivity index (χ0) is 22.6. The Balaban J connectivity index is 1.96. The average Bonchev–Trinajstić information content (AvgIpc) is 2.77. The van der Waals surface area contributed by atoms with Crippen molar-refractivity contribution in [2.24, 2.45) is 0 Å². The molecule has 2 aromatic rings. The molecule has 0 aliphatic carbocycles. The standard InChI is InChI=1S/C24H29NO6/c1-4-7-23(27)25-19-11-8-17(9-12-19)20(26)16-31-24(28)18-10-13-21(30-14-5-2)22(15-18)29-6-3/h8-13,15H,4-7,14,16H2,1-3H3,(H,25,27). The number of ether oxygens (including phenoxy) is 3. The summed E-state index contributed by atoms with van der Waals surface area (Å²) < 4.78 is 16.3. The molecular formula is C24H29NO6. The minimum absolute atomic E-state index is 0.0759. The topological polar surface area (TPSA) is 90.9 Å². The highest BCUT2D eigenvalue weighted by atomic mass is 16.5. The summed E-state index contributed by atoms with van der Waals surface area (Å²) in [5, 5.41) is 2.76. The molecule has 7 heteroatoms. The van der Waals surface area contributed by atoms with Crippen molar-refractivity contribution in [1.29, 1.82) is 0 Å². The van der Waals surface area contributed by atoms with Crippen LogP contribution in [0.25, 0.3) is 0 Å². The molecule has 0 unspecified atom stereocenters. The van der Waals surface area contributed by atoms with E-state index in [2.05, 4.69) is 5.32 Å². The van der Waals surface area contributed by atoms with E-state index in [4.69, 9.17) is 14.2 Å². The van der Waals surface area contributed by atoms with Crippen LogP contribution in [0.2, 0.25) is 0 Å². The molecule has 0 heterocycles. The first-order valence-electron chi connectivity index (χ1n) is 10.5. The van der Waals surface area contributed by atoms with Crippen molar-refractivity contribution >= 4 is 23.3 Å². The van der Waals surface area contributed by atoms with Gasteiger partial charge in [-0.1, -0.05) is 13.8 Å². The Hall–Kier alpha value is -3.35. The molecule has 0 aromatic heterocycles. The molecule has 0 saturated carbocycles. The number of amides is 1. The van der Waals surface area contributed by atoms with Crippen molar-refractivity contribution in [2.45, 2.75) is 40.0 Å². The van der Waals surface area contributed by atoms with E-state index in [0.29, 0.717) is 42.4 Å².